The van der Waals surface area contributed by atoms with Gasteiger partial charge >= 0.3 is 0 Å². The summed E-state index contributed by atoms with van der Waals surface area (Å²) in [4.78, 5) is 24.9. The van der Waals surface area contributed by atoms with Gasteiger partial charge in [-0.3, -0.25) is 14.9 Å². The van der Waals surface area contributed by atoms with Crippen LogP contribution in [0, 0.1) is 26.9 Å². The molecule has 3 aliphatic rings. The molecular formula is C20H23BrN2O6S. The third kappa shape index (κ3) is 2.80. The summed E-state index contributed by atoms with van der Waals surface area (Å²) in [5.41, 5.74) is -0.629. The molecule has 1 N–H and O–H groups in total. The molecule has 10 heteroatoms. The topological polar surface area (TPSA) is 118 Å². The Bertz CT molecular complexity index is 1050. The van der Waals surface area contributed by atoms with E-state index in [1.807, 2.05) is 0 Å². The fraction of sp³-hybridized carbons (Fsp3) is 0.550. The molecule has 2 saturated carbocycles. The molecular weight excluding hydrogens is 476 g/mol. The SMILES string of the molecule is CC1(C)[C@@H]2CC[C@]13CS(=O)(=O)N(C(=O)/C(=C\Br)C(O)c1ccc([N+](=O)[O-])cc1)[C@@H]3C2. The summed E-state index contributed by atoms with van der Waals surface area (Å²) in [6.07, 6.45) is 0.960. The molecule has 1 spiro atoms. The Morgan fingerprint density at radius 1 is 1.37 bits per heavy atom. The molecule has 4 rings (SSSR count). The number of amides is 1. The first kappa shape index (κ1) is 21.5. The number of carbonyl (C=O) groups is 1. The lowest BCUT2D eigenvalue weighted by Crippen LogP contribution is -2.45. The predicted molar refractivity (Wildman–Crippen MR) is 113 cm³/mol. The van der Waals surface area contributed by atoms with E-state index in [1.165, 1.54) is 29.3 Å². The van der Waals surface area contributed by atoms with E-state index in [4.69, 9.17) is 0 Å². The van der Waals surface area contributed by atoms with Gasteiger partial charge in [-0.15, -0.1) is 0 Å². The number of aliphatic hydroxyl groups is 1. The molecule has 1 aromatic carbocycles. The highest BCUT2D eigenvalue weighted by Gasteiger charge is 2.72. The smallest absolute Gasteiger partial charge is 0.269 e. The standard InChI is InChI=1S/C20H23BrN2O6S/c1-19(2)13-7-8-20(19)11-30(28,29)22(16(20)9-13)18(25)15(10-21)17(24)12-3-5-14(6-4-12)23(26)27/h3-6,10,13,16-17,24H,7-9,11H2,1-2H3/b15-10-/t13-,16-,17?,20-/m1/s1. The largest absolute Gasteiger partial charge is 0.383 e. The average molecular weight is 499 g/mol. The van der Waals surface area contributed by atoms with Crippen molar-refractivity contribution in [2.45, 2.75) is 45.3 Å². The van der Waals surface area contributed by atoms with Crippen LogP contribution in [0.5, 0.6) is 0 Å². The highest BCUT2D eigenvalue weighted by atomic mass is 79.9. The van der Waals surface area contributed by atoms with Crippen LogP contribution in [0.4, 0.5) is 5.69 Å². The van der Waals surface area contributed by atoms with Crippen LogP contribution in [-0.4, -0.2) is 40.5 Å². The quantitative estimate of drug-likeness (QED) is 0.386. The molecule has 4 atom stereocenters. The van der Waals surface area contributed by atoms with Crippen LogP contribution in [0.1, 0.15) is 44.8 Å². The number of fused-ring (bicyclic) bond motifs is 1. The van der Waals surface area contributed by atoms with E-state index in [-0.39, 0.29) is 28.0 Å². The summed E-state index contributed by atoms with van der Waals surface area (Å²) in [5.74, 6) is -0.435. The molecule has 2 aliphatic carbocycles. The van der Waals surface area contributed by atoms with E-state index in [1.54, 1.807) is 0 Å². The van der Waals surface area contributed by atoms with Gasteiger partial charge in [0.2, 0.25) is 10.0 Å². The van der Waals surface area contributed by atoms with Crippen molar-refractivity contribution in [3.8, 4) is 0 Å². The molecule has 1 amide bonds. The predicted octanol–water partition coefficient (Wildman–Crippen LogP) is 3.27. The molecule has 1 heterocycles. The van der Waals surface area contributed by atoms with Crippen LogP contribution in [0.15, 0.2) is 34.8 Å². The minimum Gasteiger partial charge on any atom is -0.383 e. The minimum absolute atomic E-state index is 0.0525. The number of nitrogens with zero attached hydrogens (tertiary/aromatic N) is 2. The van der Waals surface area contributed by atoms with Crippen molar-refractivity contribution in [1.29, 1.82) is 0 Å². The summed E-state index contributed by atoms with van der Waals surface area (Å²) < 4.78 is 27.2. The Labute approximate surface area is 183 Å². The zero-order valence-corrected chi connectivity index (χ0v) is 19.0. The third-order valence-corrected chi connectivity index (χ3v) is 10.1. The summed E-state index contributed by atoms with van der Waals surface area (Å²) in [5, 5.41) is 21.6. The minimum atomic E-state index is -3.83. The number of nitro benzene ring substituents is 1. The number of halogens is 1. The van der Waals surface area contributed by atoms with Crippen molar-refractivity contribution in [3.05, 3.63) is 50.5 Å². The van der Waals surface area contributed by atoms with Crippen LogP contribution >= 0.6 is 15.9 Å². The zero-order chi connectivity index (χ0) is 22.1. The Morgan fingerprint density at radius 3 is 2.53 bits per heavy atom. The highest BCUT2D eigenvalue weighted by molar-refractivity contribution is 9.11. The third-order valence-electron chi connectivity index (χ3n) is 7.69. The second kappa shape index (κ2) is 6.86. The van der Waals surface area contributed by atoms with Gasteiger partial charge < -0.3 is 5.11 Å². The molecule has 1 aliphatic heterocycles. The number of aliphatic hydroxyl groups excluding tert-OH is 1. The van der Waals surface area contributed by atoms with Crippen LogP contribution in [0.25, 0.3) is 0 Å². The number of benzene rings is 1. The summed E-state index contributed by atoms with van der Waals surface area (Å²) in [6, 6.07) is 4.76. The molecule has 1 aromatic rings. The van der Waals surface area contributed by atoms with Crippen LogP contribution in [0.3, 0.4) is 0 Å². The molecule has 8 nitrogen and oxygen atoms in total. The molecule has 30 heavy (non-hydrogen) atoms. The van der Waals surface area contributed by atoms with Gasteiger partial charge in [0.1, 0.15) is 6.10 Å². The average Bonchev–Trinajstić information content (AvgIpc) is 3.16. The van der Waals surface area contributed by atoms with Crippen molar-refractivity contribution < 1.29 is 23.2 Å². The number of hydrogen-bond acceptors (Lipinski definition) is 6. The number of rotatable bonds is 4. The van der Waals surface area contributed by atoms with Gasteiger partial charge in [0.25, 0.3) is 11.6 Å². The van der Waals surface area contributed by atoms with Gasteiger partial charge in [0.15, 0.2) is 0 Å². The fourth-order valence-corrected chi connectivity index (χ4v) is 8.84. The Hall–Kier alpha value is -1.78. The number of nitro groups is 1. The first-order valence-electron chi connectivity index (χ1n) is 9.75. The van der Waals surface area contributed by atoms with E-state index >= 15 is 0 Å². The molecule has 0 aromatic heterocycles. The van der Waals surface area contributed by atoms with Crippen LogP contribution < -0.4 is 0 Å². The Morgan fingerprint density at radius 2 is 2.00 bits per heavy atom. The van der Waals surface area contributed by atoms with Gasteiger partial charge in [-0.05, 0) is 53.3 Å². The lowest BCUT2D eigenvalue weighted by Gasteiger charge is -2.37. The second-order valence-corrected chi connectivity index (χ2v) is 11.3. The van der Waals surface area contributed by atoms with E-state index in [2.05, 4.69) is 29.8 Å². The fourth-order valence-electron chi connectivity index (χ4n) is 5.86. The maximum absolute atomic E-state index is 13.4. The van der Waals surface area contributed by atoms with E-state index in [9.17, 15) is 28.4 Å². The summed E-state index contributed by atoms with van der Waals surface area (Å²) >= 11 is 3.10. The van der Waals surface area contributed by atoms with Gasteiger partial charge in [0.05, 0.1) is 22.3 Å². The van der Waals surface area contributed by atoms with Gasteiger partial charge in [-0.1, -0.05) is 29.8 Å². The van der Waals surface area contributed by atoms with Gasteiger partial charge in [0, 0.05) is 17.5 Å². The maximum Gasteiger partial charge on any atom is 0.269 e. The number of carbonyl (C=O) groups excluding carboxylic acids is 1. The molecule has 162 valence electrons. The number of non-ortho nitro benzene ring substituents is 1. The lowest BCUT2D eigenvalue weighted by molar-refractivity contribution is -0.384. The Balaban J connectivity index is 1.67. The molecule has 1 unspecified atom stereocenters. The van der Waals surface area contributed by atoms with Crippen molar-refractivity contribution >= 4 is 37.5 Å². The second-order valence-electron chi connectivity index (χ2n) is 9.04. The number of hydrogen-bond donors (Lipinski definition) is 1. The summed E-state index contributed by atoms with van der Waals surface area (Å²) in [6.45, 7) is 4.20. The van der Waals surface area contributed by atoms with E-state index in [0.29, 0.717) is 12.3 Å². The molecule has 0 radical (unpaired) electrons. The normalized spacial score (nSPS) is 32.1. The van der Waals surface area contributed by atoms with Crippen molar-refractivity contribution in [1.82, 2.24) is 4.31 Å². The first-order valence-corrected chi connectivity index (χ1v) is 12.3. The lowest BCUT2D eigenvalue weighted by atomic mass is 9.69. The van der Waals surface area contributed by atoms with E-state index in [0.717, 1.165) is 17.1 Å². The van der Waals surface area contributed by atoms with Crippen molar-refractivity contribution in [2.24, 2.45) is 16.7 Å². The maximum atomic E-state index is 13.4. The molecule has 2 bridgehead atoms. The number of sulfonamides is 1. The van der Waals surface area contributed by atoms with Crippen molar-refractivity contribution in [3.63, 3.8) is 0 Å². The van der Waals surface area contributed by atoms with Gasteiger partial charge in [-0.25, -0.2) is 12.7 Å². The van der Waals surface area contributed by atoms with Crippen molar-refractivity contribution in [2.75, 3.05) is 5.75 Å². The zero-order valence-electron chi connectivity index (χ0n) is 16.6. The van der Waals surface area contributed by atoms with Crippen LogP contribution in [0.2, 0.25) is 0 Å². The van der Waals surface area contributed by atoms with Gasteiger partial charge in [-0.2, -0.15) is 0 Å². The summed E-state index contributed by atoms with van der Waals surface area (Å²) in [7, 11) is -3.83. The highest BCUT2D eigenvalue weighted by Crippen LogP contribution is 2.70. The Kier molecular flexibility index (Phi) is 4.91. The molecule has 3 fully saturated rings. The van der Waals surface area contributed by atoms with Crippen LogP contribution in [-0.2, 0) is 14.8 Å². The first-order chi connectivity index (χ1) is 14.0. The van der Waals surface area contributed by atoms with E-state index < -0.39 is 38.4 Å². The monoisotopic (exact) mass is 498 g/mol. The molecule has 1 saturated heterocycles.